The largest absolute Gasteiger partial charge is 0.463 e. The summed E-state index contributed by atoms with van der Waals surface area (Å²) in [4.78, 5) is 11.5. The number of carbonyl (C=O) groups is 1. The monoisotopic (exact) mass is 202 g/mol. The van der Waals surface area contributed by atoms with Crippen LogP contribution in [0.15, 0.2) is 23.8 Å². The first-order valence-electron chi connectivity index (χ1n) is 5.18. The number of aryl methyl sites for hydroxylation is 1. The van der Waals surface area contributed by atoms with Crippen molar-refractivity contribution in [2.75, 3.05) is 6.61 Å². The molecule has 0 atom stereocenters. The van der Waals surface area contributed by atoms with Gasteiger partial charge in [-0.25, -0.2) is 4.79 Å². The molecule has 0 radical (unpaired) electrons. The Balaban J connectivity index is 2.25. The molecule has 78 valence electrons. The molecule has 2 rings (SSSR count). The summed E-state index contributed by atoms with van der Waals surface area (Å²) in [6, 6.07) is 6.12. The molecule has 1 aromatic rings. The Morgan fingerprint density at radius 3 is 2.93 bits per heavy atom. The number of hydrogen-bond donors (Lipinski definition) is 0. The molecule has 0 N–H and O–H groups in total. The lowest BCUT2D eigenvalue weighted by Crippen LogP contribution is -2.07. The van der Waals surface area contributed by atoms with Gasteiger partial charge in [0.15, 0.2) is 0 Å². The first-order chi connectivity index (χ1) is 7.22. The lowest BCUT2D eigenvalue weighted by Gasteiger charge is -2.03. The van der Waals surface area contributed by atoms with Crippen molar-refractivity contribution in [3.05, 3.63) is 40.5 Å². The van der Waals surface area contributed by atoms with Crippen LogP contribution in [0.2, 0.25) is 0 Å². The summed E-state index contributed by atoms with van der Waals surface area (Å²) >= 11 is 0. The molecule has 0 bridgehead atoms. The van der Waals surface area contributed by atoms with Crippen LogP contribution >= 0.6 is 0 Å². The molecule has 2 heteroatoms. The Morgan fingerprint density at radius 1 is 1.47 bits per heavy atom. The van der Waals surface area contributed by atoms with E-state index in [0.29, 0.717) is 13.0 Å². The summed E-state index contributed by atoms with van der Waals surface area (Å²) in [7, 11) is 0. The van der Waals surface area contributed by atoms with Crippen LogP contribution in [-0.4, -0.2) is 12.6 Å². The molecule has 0 fully saturated rings. The summed E-state index contributed by atoms with van der Waals surface area (Å²) in [5.41, 5.74) is 4.41. The third kappa shape index (κ3) is 1.80. The lowest BCUT2D eigenvalue weighted by atomic mass is 10.0. The molecular weight excluding hydrogens is 188 g/mol. The van der Waals surface area contributed by atoms with Gasteiger partial charge >= 0.3 is 5.97 Å². The second-order valence-corrected chi connectivity index (χ2v) is 3.71. The zero-order valence-electron chi connectivity index (χ0n) is 9.04. The molecule has 0 spiro atoms. The van der Waals surface area contributed by atoms with Crippen molar-refractivity contribution in [1.29, 1.82) is 0 Å². The van der Waals surface area contributed by atoms with Gasteiger partial charge in [-0.15, -0.1) is 0 Å². The standard InChI is InChI=1S/C13H14O2/c1-3-15-13(14)11-7-10-6-4-5-9(2)12(10)8-11/h4-7H,3,8H2,1-2H3. The van der Waals surface area contributed by atoms with Gasteiger partial charge in [0.25, 0.3) is 0 Å². The summed E-state index contributed by atoms with van der Waals surface area (Å²) in [5, 5.41) is 0. The van der Waals surface area contributed by atoms with Crippen LogP contribution in [0.3, 0.4) is 0 Å². The maximum Gasteiger partial charge on any atom is 0.334 e. The molecule has 1 aliphatic carbocycles. The fourth-order valence-electron chi connectivity index (χ4n) is 1.89. The maximum absolute atomic E-state index is 11.5. The molecule has 0 saturated heterocycles. The second-order valence-electron chi connectivity index (χ2n) is 3.71. The van der Waals surface area contributed by atoms with Crippen LogP contribution in [0, 0.1) is 6.92 Å². The number of rotatable bonds is 2. The average molecular weight is 202 g/mol. The van der Waals surface area contributed by atoms with Crippen LogP contribution in [0.4, 0.5) is 0 Å². The van der Waals surface area contributed by atoms with E-state index in [9.17, 15) is 4.79 Å². The predicted molar refractivity (Wildman–Crippen MR) is 59.5 cm³/mol. The molecule has 0 aliphatic heterocycles. The minimum absolute atomic E-state index is 0.187. The average Bonchev–Trinajstić information content (AvgIpc) is 2.63. The molecule has 0 saturated carbocycles. The van der Waals surface area contributed by atoms with Crippen LogP contribution in [0.1, 0.15) is 23.6 Å². The van der Waals surface area contributed by atoms with Crippen molar-refractivity contribution in [3.63, 3.8) is 0 Å². The summed E-state index contributed by atoms with van der Waals surface area (Å²) < 4.78 is 4.99. The molecule has 2 nitrogen and oxygen atoms in total. The fourth-order valence-corrected chi connectivity index (χ4v) is 1.89. The van der Waals surface area contributed by atoms with Crippen molar-refractivity contribution >= 4 is 12.0 Å². The first-order valence-corrected chi connectivity index (χ1v) is 5.18. The van der Waals surface area contributed by atoms with Crippen molar-refractivity contribution in [3.8, 4) is 0 Å². The highest BCUT2D eigenvalue weighted by molar-refractivity contribution is 5.96. The Hall–Kier alpha value is -1.57. The summed E-state index contributed by atoms with van der Waals surface area (Å²) in [6.07, 6.45) is 2.64. The first kappa shape index (κ1) is 9.97. The second kappa shape index (κ2) is 3.89. The minimum Gasteiger partial charge on any atom is -0.463 e. The molecule has 15 heavy (non-hydrogen) atoms. The highest BCUT2D eigenvalue weighted by Crippen LogP contribution is 2.27. The molecule has 0 aromatic heterocycles. The van der Waals surface area contributed by atoms with Gasteiger partial charge in [-0.3, -0.25) is 0 Å². The molecular formula is C13H14O2. The minimum atomic E-state index is -0.187. The van der Waals surface area contributed by atoms with E-state index in [0.717, 1.165) is 11.1 Å². The number of hydrogen-bond acceptors (Lipinski definition) is 2. The molecule has 1 aliphatic rings. The number of esters is 1. The van der Waals surface area contributed by atoms with E-state index >= 15 is 0 Å². The zero-order chi connectivity index (χ0) is 10.8. The zero-order valence-corrected chi connectivity index (χ0v) is 9.04. The van der Waals surface area contributed by atoms with Crippen molar-refractivity contribution in [1.82, 2.24) is 0 Å². The van der Waals surface area contributed by atoms with E-state index in [1.165, 1.54) is 11.1 Å². The van der Waals surface area contributed by atoms with E-state index in [-0.39, 0.29) is 5.97 Å². The van der Waals surface area contributed by atoms with Crippen LogP contribution in [0.25, 0.3) is 6.08 Å². The van der Waals surface area contributed by atoms with Crippen molar-refractivity contribution in [2.24, 2.45) is 0 Å². The quantitative estimate of drug-likeness (QED) is 0.689. The topological polar surface area (TPSA) is 26.3 Å². The molecule has 0 amide bonds. The van der Waals surface area contributed by atoms with Gasteiger partial charge < -0.3 is 4.74 Å². The van der Waals surface area contributed by atoms with Gasteiger partial charge in [-0.2, -0.15) is 0 Å². The summed E-state index contributed by atoms with van der Waals surface area (Å²) in [5.74, 6) is -0.187. The van der Waals surface area contributed by atoms with E-state index in [2.05, 4.69) is 13.0 Å². The van der Waals surface area contributed by atoms with E-state index in [1.54, 1.807) is 0 Å². The van der Waals surface area contributed by atoms with Gasteiger partial charge in [-0.1, -0.05) is 18.2 Å². The molecule has 1 aromatic carbocycles. The van der Waals surface area contributed by atoms with Gasteiger partial charge in [0.1, 0.15) is 0 Å². The fraction of sp³-hybridized carbons (Fsp3) is 0.308. The lowest BCUT2D eigenvalue weighted by molar-refractivity contribution is -0.138. The van der Waals surface area contributed by atoms with Crippen LogP contribution in [0.5, 0.6) is 0 Å². The van der Waals surface area contributed by atoms with Crippen molar-refractivity contribution < 1.29 is 9.53 Å². The van der Waals surface area contributed by atoms with E-state index < -0.39 is 0 Å². The normalized spacial score (nSPS) is 13.3. The Kier molecular flexibility index (Phi) is 2.58. The highest BCUT2D eigenvalue weighted by atomic mass is 16.5. The van der Waals surface area contributed by atoms with Crippen LogP contribution in [-0.2, 0) is 16.0 Å². The number of benzene rings is 1. The highest BCUT2D eigenvalue weighted by Gasteiger charge is 2.20. The predicted octanol–water partition coefficient (Wildman–Crippen LogP) is 2.50. The maximum atomic E-state index is 11.5. The number of fused-ring (bicyclic) bond motifs is 1. The van der Waals surface area contributed by atoms with Crippen LogP contribution < -0.4 is 0 Å². The Labute approximate surface area is 89.6 Å². The third-order valence-corrected chi connectivity index (χ3v) is 2.68. The molecule has 0 heterocycles. The van der Waals surface area contributed by atoms with E-state index in [4.69, 9.17) is 4.74 Å². The van der Waals surface area contributed by atoms with Gasteiger partial charge in [0.05, 0.1) is 6.61 Å². The number of carbonyl (C=O) groups excluding carboxylic acids is 1. The van der Waals surface area contributed by atoms with E-state index in [1.807, 2.05) is 25.1 Å². The van der Waals surface area contributed by atoms with Crippen molar-refractivity contribution in [2.45, 2.75) is 20.3 Å². The smallest absolute Gasteiger partial charge is 0.334 e. The van der Waals surface area contributed by atoms with Gasteiger partial charge in [-0.05, 0) is 36.6 Å². The number of ether oxygens (including phenoxy) is 1. The van der Waals surface area contributed by atoms with Gasteiger partial charge in [0, 0.05) is 12.0 Å². The molecule has 0 unspecified atom stereocenters. The third-order valence-electron chi connectivity index (χ3n) is 2.68. The van der Waals surface area contributed by atoms with Gasteiger partial charge in [0.2, 0.25) is 0 Å². The summed E-state index contributed by atoms with van der Waals surface area (Å²) in [6.45, 7) is 4.33. The SMILES string of the molecule is CCOC(=O)C1=Cc2cccc(C)c2C1. The Bertz CT molecular complexity index is 430. The Morgan fingerprint density at radius 2 is 2.27 bits per heavy atom.